The molecule has 0 atom stereocenters. The fourth-order valence-electron chi connectivity index (χ4n) is 1.35. The minimum absolute atomic E-state index is 0. The second-order valence-electron chi connectivity index (χ2n) is 4.22. The number of nitrogen functional groups attached to an aromatic ring is 1. The van der Waals surface area contributed by atoms with Crippen LogP contribution in [0, 0.1) is 12.8 Å². The van der Waals surface area contributed by atoms with Gasteiger partial charge in [0.2, 0.25) is 5.91 Å². The average Bonchev–Trinajstić information content (AvgIpc) is 2.10. The maximum absolute atomic E-state index is 11.5. The van der Waals surface area contributed by atoms with Crippen molar-refractivity contribution in [1.82, 2.24) is 0 Å². The van der Waals surface area contributed by atoms with Crippen molar-refractivity contribution in [2.45, 2.75) is 27.2 Å². The van der Waals surface area contributed by atoms with Gasteiger partial charge in [0.1, 0.15) is 0 Å². The Morgan fingerprint density at radius 3 is 2.62 bits per heavy atom. The van der Waals surface area contributed by atoms with Crippen molar-refractivity contribution < 1.29 is 4.79 Å². The molecule has 1 rings (SSSR count). The highest BCUT2D eigenvalue weighted by Gasteiger charge is 2.06. The van der Waals surface area contributed by atoms with E-state index in [0.29, 0.717) is 18.0 Å². The highest BCUT2D eigenvalue weighted by molar-refractivity contribution is 5.92. The first-order chi connectivity index (χ1) is 6.99. The largest absolute Gasteiger partial charge is 0.399 e. The molecule has 0 heterocycles. The van der Waals surface area contributed by atoms with E-state index in [1.165, 1.54) is 0 Å². The molecular weight excluding hydrogens is 224 g/mol. The molecule has 16 heavy (non-hydrogen) atoms. The molecule has 1 aromatic carbocycles. The summed E-state index contributed by atoms with van der Waals surface area (Å²) in [5.41, 5.74) is 8.16. The zero-order chi connectivity index (χ0) is 11.4. The van der Waals surface area contributed by atoms with Gasteiger partial charge in [-0.1, -0.05) is 19.9 Å². The molecule has 0 aromatic heterocycles. The Morgan fingerprint density at radius 2 is 2.06 bits per heavy atom. The van der Waals surface area contributed by atoms with Crippen molar-refractivity contribution in [3.63, 3.8) is 0 Å². The highest BCUT2D eigenvalue weighted by atomic mass is 35.5. The molecule has 0 bridgehead atoms. The summed E-state index contributed by atoms with van der Waals surface area (Å²) in [4.78, 5) is 11.5. The summed E-state index contributed by atoms with van der Waals surface area (Å²) in [5, 5.41) is 2.86. The molecule has 0 unspecified atom stereocenters. The molecular formula is C12H19ClN2O. The molecule has 0 fully saturated rings. The van der Waals surface area contributed by atoms with Crippen molar-refractivity contribution >= 4 is 29.7 Å². The zero-order valence-corrected chi connectivity index (χ0v) is 10.7. The molecule has 0 aliphatic heterocycles. The quantitative estimate of drug-likeness (QED) is 0.801. The molecule has 4 heteroatoms. The summed E-state index contributed by atoms with van der Waals surface area (Å²) in [7, 11) is 0. The van der Waals surface area contributed by atoms with E-state index in [4.69, 9.17) is 5.73 Å². The number of hydrogen-bond acceptors (Lipinski definition) is 2. The number of halogens is 1. The zero-order valence-electron chi connectivity index (χ0n) is 9.91. The lowest BCUT2D eigenvalue weighted by atomic mass is 10.1. The van der Waals surface area contributed by atoms with Gasteiger partial charge in [-0.2, -0.15) is 0 Å². The molecule has 0 aliphatic carbocycles. The molecule has 3 N–H and O–H groups in total. The summed E-state index contributed by atoms with van der Waals surface area (Å²) < 4.78 is 0. The maximum atomic E-state index is 11.5. The van der Waals surface area contributed by atoms with Crippen LogP contribution >= 0.6 is 12.4 Å². The van der Waals surface area contributed by atoms with Gasteiger partial charge in [0.05, 0.1) is 0 Å². The van der Waals surface area contributed by atoms with Gasteiger partial charge >= 0.3 is 0 Å². The number of carbonyl (C=O) groups is 1. The van der Waals surface area contributed by atoms with Gasteiger partial charge in [-0.15, -0.1) is 12.4 Å². The second kappa shape index (κ2) is 6.38. The van der Waals surface area contributed by atoms with Crippen LogP contribution in [0.2, 0.25) is 0 Å². The topological polar surface area (TPSA) is 55.1 Å². The number of carbonyl (C=O) groups excluding carboxylic acids is 1. The summed E-state index contributed by atoms with van der Waals surface area (Å²) >= 11 is 0. The standard InChI is InChI=1S/C12H18N2O.ClH/c1-8(2)6-12(15)14-11-7-10(13)5-4-9(11)3;/h4-5,7-8H,6,13H2,1-3H3,(H,14,15);1H. The van der Waals surface area contributed by atoms with Crippen molar-refractivity contribution in [1.29, 1.82) is 0 Å². The average molecular weight is 243 g/mol. The number of nitrogens with one attached hydrogen (secondary N) is 1. The molecule has 0 saturated heterocycles. The van der Waals surface area contributed by atoms with E-state index in [0.717, 1.165) is 11.3 Å². The van der Waals surface area contributed by atoms with E-state index in [-0.39, 0.29) is 18.3 Å². The maximum Gasteiger partial charge on any atom is 0.224 e. The second-order valence-corrected chi connectivity index (χ2v) is 4.22. The summed E-state index contributed by atoms with van der Waals surface area (Å²) in [6, 6.07) is 5.52. The van der Waals surface area contributed by atoms with E-state index in [1.807, 2.05) is 32.9 Å². The first kappa shape index (κ1) is 14.8. The van der Waals surface area contributed by atoms with Crippen LogP contribution in [0.3, 0.4) is 0 Å². The van der Waals surface area contributed by atoms with Crippen molar-refractivity contribution in [2.24, 2.45) is 5.92 Å². The lowest BCUT2D eigenvalue weighted by Gasteiger charge is -2.10. The Labute approximate surface area is 103 Å². The number of aryl methyl sites for hydroxylation is 1. The number of nitrogens with two attached hydrogens (primary N) is 1. The Kier molecular flexibility index (Phi) is 5.89. The van der Waals surface area contributed by atoms with Crippen molar-refractivity contribution in [2.75, 3.05) is 11.1 Å². The third kappa shape index (κ3) is 4.53. The Balaban J connectivity index is 0.00000225. The summed E-state index contributed by atoms with van der Waals surface area (Å²) in [5.74, 6) is 0.407. The van der Waals surface area contributed by atoms with Gasteiger partial charge in [-0.25, -0.2) is 0 Å². The van der Waals surface area contributed by atoms with E-state index in [9.17, 15) is 4.79 Å². The van der Waals surface area contributed by atoms with Crippen LogP contribution in [0.4, 0.5) is 11.4 Å². The van der Waals surface area contributed by atoms with E-state index >= 15 is 0 Å². The molecule has 1 amide bonds. The van der Waals surface area contributed by atoms with Gasteiger partial charge in [-0.05, 0) is 30.5 Å². The van der Waals surface area contributed by atoms with Crippen molar-refractivity contribution in [3.8, 4) is 0 Å². The van der Waals surface area contributed by atoms with Gasteiger partial charge in [0.25, 0.3) is 0 Å². The van der Waals surface area contributed by atoms with Crippen LogP contribution in [0.15, 0.2) is 18.2 Å². The molecule has 0 spiro atoms. The molecule has 0 radical (unpaired) electrons. The lowest BCUT2D eigenvalue weighted by molar-refractivity contribution is -0.116. The SMILES string of the molecule is Cc1ccc(N)cc1NC(=O)CC(C)C.Cl. The fraction of sp³-hybridized carbons (Fsp3) is 0.417. The minimum atomic E-state index is 0. The molecule has 0 saturated carbocycles. The Bertz CT molecular complexity index is 364. The van der Waals surface area contributed by atoms with Crippen LogP contribution in [-0.2, 0) is 4.79 Å². The van der Waals surface area contributed by atoms with Gasteiger partial charge in [0.15, 0.2) is 0 Å². The molecule has 0 aliphatic rings. The lowest BCUT2D eigenvalue weighted by Crippen LogP contribution is -2.14. The summed E-state index contributed by atoms with van der Waals surface area (Å²) in [6.07, 6.45) is 0.536. The predicted molar refractivity (Wildman–Crippen MR) is 70.9 cm³/mol. The Hall–Kier alpha value is -1.22. The van der Waals surface area contributed by atoms with E-state index in [1.54, 1.807) is 6.07 Å². The summed E-state index contributed by atoms with van der Waals surface area (Å²) in [6.45, 7) is 5.99. The van der Waals surface area contributed by atoms with Gasteiger partial charge < -0.3 is 11.1 Å². The number of benzene rings is 1. The van der Waals surface area contributed by atoms with Crippen LogP contribution in [-0.4, -0.2) is 5.91 Å². The Morgan fingerprint density at radius 1 is 1.44 bits per heavy atom. The van der Waals surface area contributed by atoms with E-state index < -0.39 is 0 Å². The normalized spacial score (nSPS) is 9.75. The highest BCUT2D eigenvalue weighted by Crippen LogP contribution is 2.18. The first-order valence-corrected chi connectivity index (χ1v) is 5.15. The van der Waals surface area contributed by atoms with Crippen LogP contribution in [0.1, 0.15) is 25.8 Å². The number of hydrogen-bond donors (Lipinski definition) is 2. The third-order valence-electron chi connectivity index (χ3n) is 2.13. The van der Waals surface area contributed by atoms with Crippen LogP contribution in [0.25, 0.3) is 0 Å². The van der Waals surface area contributed by atoms with Gasteiger partial charge in [0, 0.05) is 17.8 Å². The van der Waals surface area contributed by atoms with Crippen LogP contribution < -0.4 is 11.1 Å². The van der Waals surface area contributed by atoms with Gasteiger partial charge in [-0.3, -0.25) is 4.79 Å². The minimum Gasteiger partial charge on any atom is -0.399 e. The number of rotatable bonds is 3. The smallest absolute Gasteiger partial charge is 0.224 e. The first-order valence-electron chi connectivity index (χ1n) is 5.15. The van der Waals surface area contributed by atoms with E-state index in [2.05, 4.69) is 5.32 Å². The van der Waals surface area contributed by atoms with Crippen molar-refractivity contribution in [3.05, 3.63) is 23.8 Å². The monoisotopic (exact) mass is 242 g/mol. The molecule has 90 valence electrons. The predicted octanol–water partition coefficient (Wildman–Crippen LogP) is 2.98. The molecule has 1 aromatic rings. The number of amides is 1. The third-order valence-corrected chi connectivity index (χ3v) is 2.13. The molecule has 3 nitrogen and oxygen atoms in total. The number of anilines is 2. The fourth-order valence-corrected chi connectivity index (χ4v) is 1.35. The van der Waals surface area contributed by atoms with Crippen LogP contribution in [0.5, 0.6) is 0 Å².